The van der Waals surface area contributed by atoms with E-state index in [1.165, 1.54) is 51.5 Å². The molecule has 2 N–H and O–H groups in total. The van der Waals surface area contributed by atoms with Crippen LogP contribution in [0.2, 0.25) is 0 Å². The van der Waals surface area contributed by atoms with Crippen LogP contribution in [0.1, 0.15) is 57.8 Å². The zero-order valence-corrected chi connectivity index (χ0v) is 16.3. The van der Waals surface area contributed by atoms with E-state index in [9.17, 15) is 9.59 Å². The molecule has 1 aromatic rings. The number of carbonyl (C=O) groups excluding carboxylic acids is 2. The van der Waals surface area contributed by atoms with Crippen molar-refractivity contribution in [3.63, 3.8) is 0 Å². The van der Waals surface area contributed by atoms with E-state index < -0.39 is 0 Å². The lowest BCUT2D eigenvalue weighted by Crippen LogP contribution is -2.46. The Balaban J connectivity index is 1.33. The maximum Gasteiger partial charge on any atom is 0.224 e. The summed E-state index contributed by atoms with van der Waals surface area (Å²) >= 11 is 0. The van der Waals surface area contributed by atoms with Gasteiger partial charge in [-0.25, -0.2) is 0 Å². The number of nitrogens with one attached hydrogen (secondary N) is 2. The molecule has 1 saturated heterocycles. The normalized spacial score (nSPS) is 21.6. The molecule has 1 heterocycles. The topological polar surface area (TPSA) is 61.4 Å². The highest BCUT2D eigenvalue weighted by molar-refractivity contribution is 5.93. The minimum Gasteiger partial charge on any atom is -0.356 e. The van der Waals surface area contributed by atoms with Crippen LogP contribution in [0.5, 0.6) is 0 Å². The highest BCUT2D eigenvalue weighted by atomic mass is 16.2. The molecule has 0 bridgehead atoms. The Morgan fingerprint density at radius 1 is 0.926 bits per heavy atom. The summed E-state index contributed by atoms with van der Waals surface area (Å²) in [4.78, 5) is 26.7. The number of carbonyl (C=O) groups is 2. The van der Waals surface area contributed by atoms with Gasteiger partial charge in [-0.05, 0) is 50.3 Å². The van der Waals surface area contributed by atoms with Gasteiger partial charge in [-0.2, -0.15) is 0 Å². The second kappa shape index (κ2) is 10.5. The first-order valence-corrected chi connectivity index (χ1v) is 10.6. The molecule has 3 rings (SSSR count). The maximum absolute atomic E-state index is 12.1. The van der Waals surface area contributed by atoms with Crippen LogP contribution >= 0.6 is 0 Å². The van der Waals surface area contributed by atoms with Crippen LogP contribution in [0.3, 0.4) is 0 Å². The lowest BCUT2D eigenvalue weighted by Gasteiger charge is -2.40. The molecule has 1 aliphatic carbocycles. The highest BCUT2D eigenvalue weighted by Crippen LogP contribution is 2.26. The summed E-state index contributed by atoms with van der Waals surface area (Å²) in [6.07, 6.45) is 9.71. The fourth-order valence-electron chi connectivity index (χ4n) is 4.36. The van der Waals surface area contributed by atoms with Gasteiger partial charge in [-0.1, -0.05) is 37.5 Å². The first-order chi connectivity index (χ1) is 13.2. The summed E-state index contributed by atoms with van der Waals surface area (Å²) in [6, 6.07) is 10.1. The summed E-state index contributed by atoms with van der Waals surface area (Å²) in [5.41, 5.74) is 0.771. The summed E-state index contributed by atoms with van der Waals surface area (Å²) in [6.45, 7) is 3.07. The van der Waals surface area contributed by atoms with Gasteiger partial charge in [0.25, 0.3) is 0 Å². The van der Waals surface area contributed by atoms with Crippen molar-refractivity contribution in [3.8, 4) is 0 Å². The van der Waals surface area contributed by atoms with Gasteiger partial charge in [-0.3, -0.25) is 9.59 Å². The van der Waals surface area contributed by atoms with E-state index in [2.05, 4.69) is 15.5 Å². The van der Waals surface area contributed by atoms with E-state index in [0.29, 0.717) is 5.92 Å². The number of likely N-dealkylation sites (tertiary alicyclic amines) is 1. The van der Waals surface area contributed by atoms with Crippen LogP contribution in [-0.4, -0.2) is 42.4 Å². The van der Waals surface area contributed by atoms with Crippen LogP contribution in [0.25, 0.3) is 0 Å². The molecular formula is C22H33N3O2. The van der Waals surface area contributed by atoms with Gasteiger partial charge in [0.1, 0.15) is 0 Å². The molecule has 5 heteroatoms. The summed E-state index contributed by atoms with van der Waals surface area (Å²) in [7, 11) is 0. The molecule has 2 fully saturated rings. The van der Waals surface area contributed by atoms with Crippen molar-refractivity contribution in [1.82, 2.24) is 10.2 Å². The average molecular weight is 372 g/mol. The molecule has 0 radical (unpaired) electrons. The fraction of sp³-hybridized carbons (Fsp3) is 0.636. The number of nitrogens with zero attached hydrogens (tertiary/aromatic N) is 1. The number of hydrogen-bond donors (Lipinski definition) is 2. The average Bonchev–Trinajstić information content (AvgIpc) is 2.72. The third-order valence-corrected chi connectivity index (χ3v) is 5.87. The molecule has 0 aromatic heterocycles. The van der Waals surface area contributed by atoms with Gasteiger partial charge >= 0.3 is 0 Å². The molecule has 27 heavy (non-hydrogen) atoms. The summed E-state index contributed by atoms with van der Waals surface area (Å²) < 4.78 is 0. The summed E-state index contributed by atoms with van der Waals surface area (Å²) in [5.74, 6) is 0.410. The van der Waals surface area contributed by atoms with Crippen molar-refractivity contribution >= 4 is 17.5 Å². The number of benzene rings is 1. The second-order valence-corrected chi connectivity index (χ2v) is 8.01. The third kappa shape index (κ3) is 6.65. The SMILES string of the molecule is O=C(CCC(=O)Nc1ccccc1)NC[C@H]1CCCN(C2CCCCC2)C1. The molecule has 2 aliphatic rings. The van der Waals surface area contributed by atoms with Crippen molar-refractivity contribution in [2.45, 2.75) is 63.8 Å². The van der Waals surface area contributed by atoms with E-state index in [4.69, 9.17) is 0 Å². The van der Waals surface area contributed by atoms with Crippen molar-refractivity contribution in [2.24, 2.45) is 5.92 Å². The zero-order valence-electron chi connectivity index (χ0n) is 16.3. The first-order valence-electron chi connectivity index (χ1n) is 10.6. The van der Waals surface area contributed by atoms with Crippen LogP contribution in [-0.2, 0) is 9.59 Å². The van der Waals surface area contributed by atoms with Gasteiger partial charge in [0.05, 0.1) is 0 Å². The Bertz CT molecular complexity index is 599. The predicted molar refractivity (Wildman–Crippen MR) is 108 cm³/mol. The highest BCUT2D eigenvalue weighted by Gasteiger charge is 2.27. The molecule has 1 aliphatic heterocycles. The number of anilines is 1. The monoisotopic (exact) mass is 371 g/mol. The van der Waals surface area contributed by atoms with Gasteiger partial charge in [-0.15, -0.1) is 0 Å². The van der Waals surface area contributed by atoms with Gasteiger partial charge in [0, 0.05) is 37.7 Å². The molecule has 2 amide bonds. The lowest BCUT2D eigenvalue weighted by molar-refractivity contribution is -0.124. The second-order valence-electron chi connectivity index (χ2n) is 8.01. The minimum atomic E-state index is -0.113. The quantitative estimate of drug-likeness (QED) is 0.770. The van der Waals surface area contributed by atoms with Gasteiger partial charge in [0.15, 0.2) is 0 Å². The molecule has 1 aromatic carbocycles. The fourth-order valence-corrected chi connectivity index (χ4v) is 4.36. The first kappa shape index (κ1) is 19.9. The standard InChI is InChI=1S/C22H33N3O2/c26-21(13-14-22(27)24-19-9-3-1-4-10-19)23-16-18-8-7-15-25(17-18)20-11-5-2-6-12-20/h1,3-4,9-10,18,20H,2,5-8,11-17H2,(H,23,26)(H,24,27)/t18-/m1/s1. The van der Waals surface area contributed by atoms with Crippen LogP contribution in [0.15, 0.2) is 30.3 Å². The Morgan fingerprint density at radius 3 is 2.44 bits per heavy atom. The number of hydrogen-bond acceptors (Lipinski definition) is 3. The van der Waals surface area contributed by atoms with E-state index in [-0.39, 0.29) is 24.7 Å². The molecule has 5 nitrogen and oxygen atoms in total. The van der Waals surface area contributed by atoms with Crippen molar-refractivity contribution in [1.29, 1.82) is 0 Å². The molecule has 1 atom stereocenters. The smallest absolute Gasteiger partial charge is 0.224 e. The van der Waals surface area contributed by atoms with E-state index in [0.717, 1.165) is 24.8 Å². The molecule has 0 unspecified atom stereocenters. The van der Waals surface area contributed by atoms with Gasteiger partial charge in [0.2, 0.25) is 11.8 Å². The zero-order chi connectivity index (χ0) is 18.9. The Morgan fingerprint density at radius 2 is 1.67 bits per heavy atom. The molecule has 0 spiro atoms. The van der Waals surface area contributed by atoms with E-state index in [1.807, 2.05) is 30.3 Å². The lowest BCUT2D eigenvalue weighted by atomic mass is 9.90. The number of rotatable bonds is 7. The largest absolute Gasteiger partial charge is 0.356 e. The van der Waals surface area contributed by atoms with Crippen molar-refractivity contribution in [2.75, 3.05) is 25.0 Å². The molecule has 148 valence electrons. The van der Waals surface area contributed by atoms with Crippen LogP contribution in [0.4, 0.5) is 5.69 Å². The minimum absolute atomic E-state index is 0.0204. The number of para-hydroxylation sites is 1. The maximum atomic E-state index is 12.1. The third-order valence-electron chi connectivity index (χ3n) is 5.87. The summed E-state index contributed by atoms with van der Waals surface area (Å²) in [5, 5.41) is 5.87. The Kier molecular flexibility index (Phi) is 7.69. The Hall–Kier alpha value is -1.88. The number of piperidine rings is 1. The van der Waals surface area contributed by atoms with Gasteiger partial charge < -0.3 is 15.5 Å². The van der Waals surface area contributed by atoms with Crippen molar-refractivity contribution < 1.29 is 9.59 Å². The predicted octanol–water partition coefficient (Wildman–Crippen LogP) is 3.57. The molecular weight excluding hydrogens is 338 g/mol. The number of amides is 2. The van der Waals surface area contributed by atoms with E-state index in [1.54, 1.807) is 0 Å². The Labute approximate surface area is 162 Å². The van der Waals surface area contributed by atoms with Crippen molar-refractivity contribution in [3.05, 3.63) is 30.3 Å². The van der Waals surface area contributed by atoms with Crippen LogP contribution in [0, 0.1) is 5.92 Å². The molecule has 1 saturated carbocycles. The van der Waals surface area contributed by atoms with E-state index >= 15 is 0 Å². The van der Waals surface area contributed by atoms with Crippen LogP contribution < -0.4 is 10.6 Å².